The lowest BCUT2D eigenvalue weighted by Gasteiger charge is -2.03. The van der Waals surface area contributed by atoms with E-state index >= 15 is 0 Å². The average Bonchev–Trinajstić information content (AvgIpc) is 2.38. The summed E-state index contributed by atoms with van der Waals surface area (Å²) >= 11 is 0. The van der Waals surface area contributed by atoms with E-state index in [1.165, 1.54) is 24.4 Å². The first-order valence-electron chi connectivity index (χ1n) is 5.41. The number of rotatable bonds is 4. The van der Waals surface area contributed by atoms with Crippen molar-refractivity contribution in [3.05, 3.63) is 63.8 Å². The van der Waals surface area contributed by atoms with Crippen LogP contribution >= 0.6 is 0 Å². The van der Waals surface area contributed by atoms with E-state index in [1.54, 1.807) is 0 Å². The Bertz CT molecular complexity index is 599. The molecule has 19 heavy (non-hydrogen) atoms. The van der Waals surface area contributed by atoms with Gasteiger partial charge in [0.05, 0.1) is 16.7 Å². The Morgan fingerprint density at radius 1 is 1.21 bits per heavy atom. The molecule has 0 unspecified atom stereocenters. The van der Waals surface area contributed by atoms with Gasteiger partial charge in [0.15, 0.2) is 0 Å². The summed E-state index contributed by atoms with van der Waals surface area (Å²) in [7, 11) is 0. The van der Waals surface area contributed by atoms with Gasteiger partial charge >= 0.3 is 11.5 Å². The second-order valence-corrected chi connectivity index (χ2v) is 3.74. The molecule has 0 saturated heterocycles. The number of hydrogen-bond acceptors (Lipinski definition) is 3. The van der Waals surface area contributed by atoms with Gasteiger partial charge in [-0.1, -0.05) is 6.07 Å². The lowest BCUT2D eigenvalue weighted by Crippen LogP contribution is -2.15. The van der Waals surface area contributed by atoms with Gasteiger partial charge in [-0.2, -0.15) is 0 Å². The quantitative estimate of drug-likeness (QED) is 0.682. The van der Waals surface area contributed by atoms with Gasteiger partial charge in [-0.05, 0) is 18.2 Å². The van der Waals surface area contributed by atoms with Crippen molar-refractivity contribution in [1.82, 2.24) is 0 Å². The topological polar surface area (TPSA) is 69.3 Å². The van der Waals surface area contributed by atoms with Crippen molar-refractivity contribution in [2.75, 3.05) is 5.32 Å². The third-order valence-corrected chi connectivity index (χ3v) is 2.53. The molecule has 0 aliphatic heterocycles. The van der Waals surface area contributed by atoms with Gasteiger partial charge in [0.1, 0.15) is 18.2 Å². The molecule has 1 aromatic carbocycles. The van der Waals surface area contributed by atoms with Crippen molar-refractivity contribution in [1.29, 1.82) is 0 Å². The number of H-pyrrole nitrogens is 1. The molecule has 0 fully saturated rings. The predicted molar refractivity (Wildman–Crippen MR) is 63.3 cm³/mol. The van der Waals surface area contributed by atoms with Crippen molar-refractivity contribution < 1.29 is 18.7 Å². The predicted octanol–water partition coefficient (Wildman–Crippen LogP) is 2.30. The molecule has 98 valence electrons. The molecule has 2 aromatic rings. The Hall–Kier alpha value is -2.57. The summed E-state index contributed by atoms with van der Waals surface area (Å²) in [5.74, 6) is -1.31. The molecule has 0 aliphatic carbocycles. The van der Waals surface area contributed by atoms with Crippen molar-refractivity contribution in [3.63, 3.8) is 0 Å². The van der Waals surface area contributed by atoms with E-state index in [1.807, 2.05) is 0 Å². The van der Waals surface area contributed by atoms with Crippen LogP contribution in [0.25, 0.3) is 0 Å². The highest BCUT2D eigenvalue weighted by atomic mass is 19.1. The highest BCUT2D eigenvalue weighted by molar-refractivity contribution is 5.51. The zero-order valence-electron chi connectivity index (χ0n) is 9.69. The summed E-state index contributed by atoms with van der Waals surface area (Å²) < 4.78 is 26.8. The first-order chi connectivity index (χ1) is 9.09. The standard InChI is InChI=1S/C12H9F2N3O2/c13-9-3-1-4-10(14)8(9)7-16-12-11(17(18)19)5-2-6-15-12/h1-6H,7H2,(H,15,16)/p+1. The number of aromatic amines is 1. The summed E-state index contributed by atoms with van der Waals surface area (Å²) in [6.45, 7) is -0.195. The smallest absolute Gasteiger partial charge is 0.264 e. The van der Waals surface area contributed by atoms with Gasteiger partial charge in [0.2, 0.25) is 0 Å². The van der Waals surface area contributed by atoms with Gasteiger partial charge in [-0.25, -0.2) is 13.8 Å². The van der Waals surface area contributed by atoms with Crippen LogP contribution in [0.1, 0.15) is 5.56 Å². The maximum atomic E-state index is 13.4. The summed E-state index contributed by atoms with van der Waals surface area (Å²) in [6.07, 6.45) is 1.48. The Balaban J connectivity index is 2.22. The second kappa shape index (κ2) is 5.38. The van der Waals surface area contributed by atoms with E-state index in [2.05, 4.69) is 10.3 Å². The summed E-state index contributed by atoms with van der Waals surface area (Å²) in [4.78, 5) is 12.8. The summed E-state index contributed by atoms with van der Waals surface area (Å²) in [5, 5.41) is 13.4. The number of anilines is 1. The van der Waals surface area contributed by atoms with Gasteiger partial charge in [-0.3, -0.25) is 15.4 Å². The molecule has 0 amide bonds. The van der Waals surface area contributed by atoms with E-state index < -0.39 is 16.6 Å². The Morgan fingerprint density at radius 3 is 2.53 bits per heavy atom. The van der Waals surface area contributed by atoms with Gasteiger partial charge < -0.3 is 0 Å². The molecule has 0 atom stereocenters. The van der Waals surface area contributed by atoms with Gasteiger partial charge in [0, 0.05) is 6.07 Å². The first-order valence-corrected chi connectivity index (χ1v) is 5.41. The molecular weight excluding hydrogens is 256 g/mol. The monoisotopic (exact) mass is 266 g/mol. The fourth-order valence-corrected chi connectivity index (χ4v) is 1.60. The van der Waals surface area contributed by atoms with Crippen molar-refractivity contribution in [2.24, 2.45) is 0 Å². The number of pyridine rings is 1. The summed E-state index contributed by atoms with van der Waals surface area (Å²) in [5.41, 5.74) is -0.367. The van der Waals surface area contributed by atoms with Gasteiger partial charge in [0.25, 0.3) is 0 Å². The van der Waals surface area contributed by atoms with E-state index in [4.69, 9.17) is 0 Å². The van der Waals surface area contributed by atoms with Crippen molar-refractivity contribution in [2.45, 2.75) is 6.54 Å². The molecule has 0 spiro atoms. The maximum Gasteiger partial charge on any atom is 0.357 e. The minimum absolute atomic E-state index is 0.0927. The number of benzene rings is 1. The first kappa shape index (κ1) is 12.9. The molecule has 0 aliphatic rings. The molecule has 7 heteroatoms. The molecular formula is C12H10F2N3O2+. The van der Waals surface area contributed by atoms with E-state index in [0.29, 0.717) is 0 Å². The SMILES string of the molecule is O=[N+]([O-])c1ccc[nH+]c1NCc1c(F)cccc1F. The van der Waals surface area contributed by atoms with Crippen LogP contribution in [0.2, 0.25) is 0 Å². The Kier molecular flexibility index (Phi) is 3.65. The molecule has 0 bridgehead atoms. The molecule has 2 rings (SSSR count). The number of nitrogens with zero attached hydrogens (tertiary/aromatic N) is 1. The van der Waals surface area contributed by atoms with Crippen LogP contribution in [0.15, 0.2) is 36.5 Å². The molecule has 1 heterocycles. The highest BCUT2D eigenvalue weighted by Crippen LogP contribution is 2.19. The third kappa shape index (κ3) is 2.82. The normalized spacial score (nSPS) is 10.2. The van der Waals surface area contributed by atoms with E-state index in [9.17, 15) is 18.9 Å². The van der Waals surface area contributed by atoms with Crippen LogP contribution in [-0.4, -0.2) is 4.92 Å². The molecule has 2 N–H and O–H groups in total. The lowest BCUT2D eigenvalue weighted by atomic mass is 10.2. The number of nitrogens with one attached hydrogen (secondary N) is 2. The molecule has 5 nitrogen and oxygen atoms in total. The second-order valence-electron chi connectivity index (χ2n) is 3.74. The van der Waals surface area contributed by atoms with E-state index in [-0.39, 0.29) is 23.6 Å². The van der Waals surface area contributed by atoms with Gasteiger partial charge in [-0.15, -0.1) is 0 Å². The van der Waals surface area contributed by atoms with Crippen LogP contribution in [0.3, 0.4) is 0 Å². The number of aromatic nitrogens is 1. The molecule has 1 aromatic heterocycles. The summed E-state index contributed by atoms with van der Waals surface area (Å²) in [6, 6.07) is 6.27. The molecule has 0 radical (unpaired) electrons. The van der Waals surface area contributed by atoms with Crippen molar-refractivity contribution in [3.8, 4) is 0 Å². The van der Waals surface area contributed by atoms with Crippen LogP contribution < -0.4 is 10.3 Å². The van der Waals surface area contributed by atoms with Crippen LogP contribution in [0, 0.1) is 21.7 Å². The maximum absolute atomic E-state index is 13.4. The Labute approximate surface area is 107 Å². The van der Waals surface area contributed by atoms with Crippen molar-refractivity contribution >= 4 is 11.5 Å². The minimum Gasteiger partial charge on any atom is -0.264 e. The molecule has 0 saturated carbocycles. The third-order valence-electron chi connectivity index (χ3n) is 2.53. The van der Waals surface area contributed by atoms with E-state index in [0.717, 1.165) is 12.1 Å². The number of nitro groups is 1. The number of hydrogen-bond donors (Lipinski definition) is 1. The van der Waals surface area contributed by atoms with Crippen LogP contribution in [0.5, 0.6) is 0 Å². The Morgan fingerprint density at radius 2 is 1.89 bits per heavy atom. The minimum atomic E-state index is -0.703. The lowest BCUT2D eigenvalue weighted by molar-refractivity contribution is -0.409. The fourth-order valence-electron chi connectivity index (χ4n) is 1.60. The average molecular weight is 266 g/mol. The van der Waals surface area contributed by atoms with Crippen LogP contribution in [0.4, 0.5) is 20.3 Å². The largest absolute Gasteiger partial charge is 0.357 e. The fraction of sp³-hybridized carbons (Fsp3) is 0.0833. The van der Waals surface area contributed by atoms with Crippen LogP contribution in [-0.2, 0) is 6.54 Å². The zero-order chi connectivity index (χ0) is 13.8. The number of halogens is 2. The zero-order valence-corrected chi connectivity index (χ0v) is 9.69. The highest BCUT2D eigenvalue weighted by Gasteiger charge is 2.20.